The lowest BCUT2D eigenvalue weighted by atomic mass is 10.1. The average molecular weight is 209 g/mol. The molecule has 1 N–H and O–H groups in total. The van der Waals surface area contributed by atoms with Gasteiger partial charge in [0, 0.05) is 12.6 Å². The van der Waals surface area contributed by atoms with Crippen molar-refractivity contribution in [3.8, 4) is 6.07 Å². The van der Waals surface area contributed by atoms with E-state index in [9.17, 15) is 0 Å². The number of nitriles is 1. The molecule has 1 fully saturated rings. The van der Waals surface area contributed by atoms with E-state index < -0.39 is 0 Å². The summed E-state index contributed by atoms with van der Waals surface area (Å²) in [6.45, 7) is 8.48. The molecule has 0 radical (unpaired) electrons. The van der Waals surface area contributed by atoms with Gasteiger partial charge in [0.05, 0.1) is 12.0 Å². The van der Waals surface area contributed by atoms with E-state index in [4.69, 9.17) is 5.26 Å². The molecule has 15 heavy (non-hydrogen) atoms. The van der Waals surface area contributed by atoms with Crippen molar-refractivity contribution in [2.75, 3.05) is 26.2 Å². The van der Waals surface area contributed by atoms with Crippen LogP contribution in [0.5, 0.6) is 0 Å². The molecule has 0 aromatic carbocycles. The second-order valence-electron chi connectivity index (χ2n) is 4.45. The maximum atomic E-state index is 8.84. The molecule has 0 aromatic heterocycles. The third-order valence-corrected chi connectivity index (χ3v) is 3.20. The lowest BCUT2D eigenvalue weighted by Crippen LogP contribution is -2.38. The van der Waals surface area contributed by atoms with E-state index in [-0.39, 0.29) is 5.92 Å². The topological polar surface area (TPSA) is 39.1 Å². The molecule has 0 aromatic rings. The Kier molecular flexibility index (Phi) is 5.67. The molecule has 0 aliphatic carbocycles. The van der Waals surface area contributed by atoms with E-state index in [1.807, 2.05) is 6.92 Å². The molecular formula is C12H23N3. The van der Waals surface area contributed by atoms with E-state index >= 15 is 0 Å². The molecule has 3 heteroatoms. The van der Waals surface area contributed by atoms with E-state index in [1.165, 1.54) is 19.3 Å². The summed E-state index contributed by atoms with van der Waals surface area (Å²) in [5.74, 6) is 0.154. The van der Waals surface area contributed by atoms with Crippen LogP contribution in [-0.4, -0.2) is 37.1 Å². The standard InChI is InChI=1S/C12H23N3/c1-3-15(10-11(2)9-13)12-5-4-7-14-8-6-12/h11-12,14H,3-8,10H2,1-2H3. The van der Waals surface area contributed by atoms with Crippen molar-refractivity contribution >= 4 is 0 Å². The zero-order valence-corrected chi connectivity index (χ0v) is 10.00. The molecule has 0 spiro atoms. The smallest absolute Gasteiger partial charge is 0.0666 e. The second kappa shape index (κ2) is 6.81. The first-order valence-electron chi connectivity index (χ1n) is 6.12. The molecule has 1 saturated heterocycles. The molecule has 1 heterocycles. The Hall–Kier alpha value is -0.590. The van der Waals surface area contributed by atoms with Crippen molar-refractivity contribution in [3.63, 3.8) is 0 Å². The van der Waals surface area contributed by atoms with Gasteiger partial charge in [-0.05, 0) is 45.8 Å². The zero-order chi connectivity index (χ0) is 11.1. The van der Waals surface area contributed by atoms with Crippen LogP contribution in [0.3, 0.4) is 0 Å². The van der Waals surface area contributed by atoms with Crippen LogP contribution < -0.4 is 5.32 Å². The second-order valence-corrected chi connectivity index (χ2v) is 4.45. The first-order valence-corrected chi connectivity index (χ1v) is 6.12. The van der Waals surface area contributed by atoms with Crippen LogP contribution in [0, 0.1) is 17.2 Å². The highest BCUT2D eigenvalue weighted by Gasteiger charge is 2.19. The number of hydrogen-bond acceptors (Lipinski definition) is 3. The fourth-order valence-electron chi connectivity index (χ4n) is 2.29. The summed E-state index contributed by atoms with van der Waals surface area (Å²) in [6.07, 6.45) is 3.77. The van der Waals surface area contributed by atoms with Gasteiger partial charge >= 0.3 is 0 Å². The molecule has 86 valence electrons. The summed E-state index contributed by atoms with van der Waals surface area (Å²) >= 11 is 0. The minimum absolute atomic E-state index is 0.154. The third kappa shape index (κ3) is 4.19. The molecule has 2 unspecified atom stereocenters. The molecule has 3 nitrogen and oxygen atoms in total. The quantitative estimate of drug-likeness (QED) is 0.764. The van der Waals surface area contributed by atoms with Gasteiger partial charge < -0.3 is 5.32 Å². The van der Waals surface area contributed by atoms with Gasteiger partial charge in [0.15, 0.2) is 0 Å². The van der Waals surface area contributed by atoms with E-state index in [2.05, 4.69) is 23.2 Å². The van der Waals surface area contributed by atoms with Gasteiger partial charge in [-0.2, -0.15) is 5.26 Å². The van der Waals surface area contributed by atoms with Crippen LogP contribution in [-0.2, 0) is 0 Å². The van der Waals surface area contributed by atoms with Gasteiger partial charge in [-0.25, -0.2) is 0 Å². The molecule has 1 aliphatic heterocycles. The van der Waals surface area contributed by atoms with Crippen LogP contribution in [0.1, 0.15) is 33.1 Å². The molecule has 0 amide bonds. The average Bonchev–Trinajstić information content (AvgIpc) is 2.54. The fraction of sp³-hybridized carbons (Fsp3) is 0.917. The normalized spacial score (nSPS) is 24.5. The molecule has 1 rings (SSSR count). The van der Waals surface area contributed by atoms with Gasteiger partial charge in [-0.1, -0.05) is 6.92 Å². The van der Waals surface area contributed by atoms with Crippen LogP contribution >= 0.6 is 0 Å². The number of nitrogens with zero attached hydrogens (tertiary/aromatic N) is 2. The monoisotopic (exact) mass is 209 g/mol. The molecule has 0 bridgehead atoms. The van der Waals surface area contributed by atoms with Crippen LogP contribution in [0.25, 0.3) is 0 Å². The lowest BCUT2D eigenvalue weighted by Gasteiger charge is -2.30. The highest BCUT2D eigenvalue weighted by molar-refractivity contribution is 4.84. The van der Waals surface area contributed by atoms with Crippen molar-refractivity contribution in [3.05, 3.63) is 0 Å². The van der Waals surface area contributed by atoms with Gasteiger partial charge in [0.1, 0.15) is 0 Å². The Labute approximate surface area is 93.5 Å². The Morgan fingerprint density at radius 3 is 2.93 bits per heavy atom. The number of rotatable bonds is 4. The summed E-state index contributed by atoms with van der Waals surface area (Å²) in [5, 5.41) is 12.3. The number of nitrogens with one attached hydrogen (secondary N) is 1. The maximum Gasteiger partial charge on any atom is 0.0666 e. The van der Waals surface area contributed by atoms with E-state index in [0.717, 1.165) is 26.2 Å². The Morgan fingerprint density at radius 1 is 1.47 bits per heavy atom. The largest absolute Gasteiger partial charge is 0.317 e. The first-order chi connectivity index (χ1) is 7.27. The van der Waals surface area contributed by atoms with Gasteiger partial charge in [-0.15, -0.1) is 0 Å². The Bertz CT molecular complexity index is 201. The molecule has 2 atom stereocenters. The predicted molar refractivity (Wildman–Crippen MR) is 62.5 cm³/mol. The van der Waals surface area contributed by atoms with Crippen molar-refractivity contribution in [2.45, 2.75) is 39.2 Å². The minimum Gasteiger partial charge on any atom is -0.317 e. The van der Waals surface area contributed by atoms with Crippen molar-refractivity contribution in [2.24, 2.45) is 5.92 Å². The lowest BCUT2D eigenvalue weighted by molar-refractivity contribution is 0.178. The summed E-state index contributed by atoms with van der Waals surface area (Å²) in [4.78, 5) is 2.47. The van der Waals surface area contributed by atoms with Crippen LogP contribution in [0.2, 0.25) is 0 Å². The van der Waals surface area contributed by atoms with E-state index in [0.29, 0.717) is 6.04 Å². The predicted octanol–water partition coefficient (Wildman–Crippen LogP) is 1.61. The highest BCUT2D eigenvalue weighted by Crippen LogP contribution is 2.14. The minimum atomic E-state index is 0.154. The number of hydrogen-bond donors (Lipinski definition) is 1. The summed E-state index contributed by atoms with van der Waals surface area (Å²) < 4.78 is 0. The Balaban J connectivity index is 2.45. The molecular weight excluding hydrogens is 186 g/mol. The van der Waals surface area contributed by atoms with Crippen molar-refractivity contribution in [1.29, 1.82) is 5.26 Å². The highest BCUT2D eigenvalue weighted by atomic mass is 15.2. The van der Waals surface area contributed by atoms with Crippen LogP contribution in [0.4, 0.5) is 0 Å². The Morgan fingerprint density at radius 2 is 2.27 bits per heavy atom. The zero-order valence-electron chi connectivity index (χ0n) is 10.00. The summed E-state index contributed by atoms with van der Waals surface area (Å²) in [5.41, 5.74) is 0. The van der Waals surface area contributed by atoms with Crippen molar-refractivity contribution in [1.82, 2.24) is 10.2 Å². The van der Waals surface area contributed by atoms with Gasteiger partial charge in [0.25, 0.3) is 0 Å². The van der Waals surface area contributed by atoms with Crippen LogP contribution in [0.15, 0.2) is 0 Å². The molecule has 1 aliphatic rings. The third-order valence-electron chi connectivity index (χ3n) is 3.20. The van der Waals surface area contributed by atoms with Gasteiger partial charge in [-0.3, -0.25) is 4.90 Å². The summed E-state index contributed by atoms with van der Waals surface area (Å²) in [6, 6.07) is 3.01. The fourth-order valence-corrected chi connectivity index (χ4v) is 2.29. The SMILES string of the molecule is CCN(CC(C)C#N)C1CCCNCC1. The summed E-state index contributed by atoms with van der Waals surface area (Å²) in [7, 11) is 0. The first kappa shape index (κ1) is 12.5. The van der Waals surface area contributed by atoms with Gasteiger partial charge in [0.2, 0.25) is 0 Å². The maximum absolute atomic E-state index is 8.84. The van der Waals surface area contributed by atoms with Crippen molar-refractivity contribution < 1.29 is 0 Å². The van der Waals surface area contributed by atoms with E-state index in [1.54, 1.807) is 0 Å². The molecule has 0 saturated carbocycles.